The van der Waals surface area contributed by atoms with Crippen molar-refractivity contribution in [2.24, 2.45) is 5.10 Å². The van der Waals surface area contributed by atoms with Gasteiger partial charge in [-0.15, -0.1) is 0 Å². The van der Waals surface area contributed by atoms with Gasteiger partial charge in [-0.25, -0.2) is 5.43 Å². The predicted molar refractivity (Wildman–Crippen MR) is 108 cm³/mol. The van der Waals surface area contributed by atoms with Crippen LogP contribution in [-0.2, 0) is 9.59 Å². The third kappa shape index (κ3) is 5.06. The van der Waals surface area contributed by atoms with Gasteiger partial charge in [0.05, 0.1) is 6.21 Å². The standard InChI is InChI=1S/C21H28N4O2/c1-7-15(4)23-20(26)21(27)24-22-12-18-11-16(5)25(17(18)6)19-9-13(2)8-14(3)10-19/h8-12,15H,7H2,1-6H3,(H,23,26)(H,24,27)/b22-12-/t15-/m1/s1. The van der Waals surface area contributed by atoms with Crippen LogP contribution in [0.15, 0.2) is 29.4 Å². The second-order valence-electron chi connectivity index (χ2n) is 6.99. The first-order chi connectivity index (χ1) is 12.7. The second kappa shape index (κ2) is 8.66. The first kappa shape index (κ1) is 20.4. The highest BCUT2D eigenvalue weighted by atomic mass is 16.2. The molecule has 144 valence electrons. The molecule has 2 N–H and O–H groups in total. The molecule has 2 rings (SSSR count). The third-order valence-corrected chi connectivity index (χ3v) is 4.50. The Morgan fingerprint density at radius 1 is 1.07 bits per heavy atom. The molecular formula is C21H28N4O2. The molecule has 2 amide bonds. The number of benzene rings is 1. The van der Waals surface area contributed by atoms with Gasteiger partial charge in [0.1, 0.15) is 0 Å². The van der Waals surface area contributed by atoms with Crippen LogP contribution in [0.4, 0.5) is 0 Å². The van der Waals surface area contributed by atoms with Crippen molar-refractivity contribution in [2.75, 3.05) is 0 Å². The maximum absolute atomic E-state index is 11.8. The van der Waals surface area contributed by atoms with E-state index in [1.807, 2.05) is 33.8 Å². The van der Waals surface area contributed by atoms with Crippen molar-refractivity contribution >= 4 is 18.0 Å². The number of carbonyl (C=O) groups excluding carboxylic acids is 2. The zero-order chi connectivity index (χ0) is 20.1. The Hall–Kier alpha value is -2.89. The van der Waals surface area contributed by atoms with E-state index in [1.54, 1.807) is 6.21 Å². The predicted octanol–water partition coefficient (Wildman–Crippen LogP) is 3.08. The van der Waals surface area contributed by atoms with Crippen LogP contribution in [0.3, 0.4) is 0 Å². The van der Waals surface area contributed by atoms with E-state index in [0.29, 0.717) is 0 Å². The summed E-state index contributed by atoms with van der Waals surface area (Å²) < 4.78 is 2.15. The molecule has 0 saturated heterocycles. The summed E-state index contributed by atoms with van der Waals surface area (Å²) in [7, 11) is 0. The Balaban J connectivity index is 2.15. The summed E-state index contributed by atoms with van der Waals surface area (Å²) in [5.41, 5.74) is 8.75. The molecule has 0 bridgehead atoms. The van der Waals surface area contributed by atoms with Crippen LogP contribution in [0.1, 0.15) is 48.3 Å². The largest absolute Gasteiger partial charge is 0.345 e. The zero-order valence-corrected chi connectivity index (χ0v) is 16.9. The molecule has 0 aliphatic heterocycles. The fourth-order valence-corrected chi connectivity index (χ4v) is 3.00. The van der Waals surface area contributed by atoms with Crippen molar-refractivity contribution in [3.63, 3.8) is 0 Å². The normalized spacial score (nSPS) is 12.2. The van der Waals surface area contributed by atoms with Crippen LogP contribution in [-0.4, -0.2) is 28.6 Å². The van der Waals surface area contributed by atoms with Gasteiger partial charge < -0.3 is 9.88 Å². The zero-order valence-electron chi connectivity index (χ0n) is 16.9. The lowest BCUT2D eigenvalue weighted by atomic mass is 10.1. The first-order valence-electron chi connectivity index (χ1n) is 9.14. The van der Waals surface area contributed by atoms with Gasteiger partial charge in [-0.2, -0.15) is 5.10 Å². The summed E-state index contributed by atoms with van der Waals surface area (Å²) in [6.07, 6.45) is 2.32. The minimum Gasteiger partial charge on any atom is -0.345 e. The highest BCUT2D eigenvalue weighted by molar-refractivity contribution is 6.35. The number of nitrogens with one attached hydrogen (secondary N) is 2. The van der Waals surface area contributed by atoms with Crippen molar-refractivity contribution in [3.05, 3.63) is 52.3 Å². The molecule has 0 aliphatic carbocycles. The van der Waals surface area contributed by atoms with Gasteiger partial charge in [-0.3, -0.25) is 9.59 Å². The Bertz CT molecular complexity index is 860. The van der Waals surface area contributed by atoms with Crippen molar-refractivity contribution < 1.29 is 9.59 Å². The van der Waals surface area contributed by atoms with Gasteiger partial charge in [0.15, 0.2) is 0 Å². The summed E-state index contributed by atoms with van der Waals surface area (Å²) >= 11 is 0. The summed E-state index contributed by atoms with van der Waals surface area (Å²) in [5, 5.41) is 6.55. The number of hydrogen-bond donors (Lipinski definition) is 2. The van der Waals surface area contributed by atoms with Gasteiger partial charge in [-0.1, -0.05) is 13.0 Å². The summed E-state index contributed by atoms with van der Waals surface area (Å²) in [6.45, 7) is 12.0. The Morgan fingerprint density at radius 3 is 2.30 bits per heavy atom. The monoisotopic (exact) mass is 368 g/mol. The highest BCUT2D eigenvalue weighted by Crippen LogP contribution is 2.21. The van der Waals surface area contributed by atoms with Crippen LogP contribution in [0, 0.1) is 27.7 Å². The Labute approximate surface area is 160 Å². The summed E-state index contributed by atoms with van der Waals surface area (Å²) in [4.78, 5) is 23.5. The Kier molecular flexibility index (Phi) is 6.55. The quantitative estimate of drug-likeness (QED) is 0.483. The molecule has 0 aliphatic rings. The van der Waals surface area contributed by atoms with E-state index < -0.39 is 11.8 Å². The highest BCUT2D eigenvalue weighted by Gasteiger charge is 2.15. The van der Waals surface area contributed by atoms with Crippen LogP contribution >= 0.6 is 0 Å². The van der Waals surface area contributed by atoms with Crippen LogP contribution in [0.25, 0.3) is 5.69 Å². The number of aryl methyl sites for hydroxylation is 3. The molecule has 6 nitrogen and oxygen atoms in total. The smallest absolute Gasteiger partial charge is 0.329 e. The average Bonchev–Trinajstić information content (AvgIpc) is 2.87. The minimum absolute atomic E-state index is 0.0519. The summed E-state index contributed by atoms with van der Waals surface area (Å²) in [6, 6.07) is 8.36. The molecule has 0 saturated carbocycles. The van der Waals surface area contributed by atoms with Crippen molar-refractivity contribution in [1.29, 1.82) is 0 Å². The molecule has 0 radical (unpaired) electrons. The SMILES string of the molecule is CC[C@@H](C)NC(=O)C(=O)N/N=C\c1cc(C)n(-c2cc(C)cc(C)c2)c1C. The molecule has 1 aromatic carbocycles. The topological polar surface area (TPSA) is 75.5 Å². The van der Waals surface area contributed by atoms with Crippen LogP contribution in [0.5, 0.6) is 0 Å². The maximum Gasteiger partial charge on any atom is 0.329 e. The summed E-state index contributed by atoms with van der Waals surface area (Å²) in [5.74, 6) is -1.45. The first-order valence-corrected chi connectivity index (χ1v) is 9.14. The third-order valence-electron chi connectivity index (χ3n) is 4.50. The van der Waals surface area contributed by atoms with Crippen molar-refractivity contribution in [1.82, 2.24) is 15.3 Å². The molecule has 6 heteroatoms. The number of hydrazone groups is 1. The van der Waals surface area contributed by atoms with Crippen LogP contribution < -0.4 is 10.7 Å². The molecule has 1 heterocycles. The van der Waals surface area contributed by atoms with E-state index in [-0.39, 0.29) is 6.04 Å². The molecule has 0 fully saturated rings. The van der Waals surface area contributed by atoms with Gasteiger partial charge in [0, 0.05) is 28.7 Å². The van der Waals surface area contributed by atoms with E-state index >= 15 is 0 Å². The Morgan fingerprint density at radius 2 is 1.70 bits per heavy atom. The van der Waals surface area contributed by atoms with Gasteiger partial charge >= 0.3 is 11.8 Å². The number of nitrogens with zero attached hydrogens (tertiary/aromatic N) is 2. The molecule has 27 heavy (non-hydrogen) atoms. The second-order valence-corrected chi connectivity index (χ2v) is 6.99. The molecular weight excluding hydrogens is 340 g/mol. The molecule has 0 spiro atoms. The van der Waals surface area contributed by atoms with E-state index in [4.69, 9.17) is 0 Å². The molecule has 1 atom stereocenters. The number of carbonyl (C=O) groups is 2. The molecule has 1 aromatic heterocycles. The van der Waals surface area contributed by atoms with Crippen molar-refractivity contribution in [2.45, 2.75) is 54.0 Å². The number of aromatic nitrogens is 1. The molecule has 2 aromatic rings. The van der Waals surface area contributed by atoms with Crippen LogP contribution in [0.2, 0.25) is 0 Å². The minimum atomic E-state index is -0.769. The lowest BCUT2D eigenvalue weighted by Gasteiger charge is -2.11. The van der Waals surface area contributed by atoms with E-state index in [9.17, 15) is 9.59 Å². The van der Waals surface area contributed by atoms with Gasteiger partial charge in [0.2, 0.25) is 0 Å². The maximum atomic E-state index is 11.8. The lowest BCUT2D eigenvalue weighted by Crippen LogP contribution is -2.41. The number of amides is 2. The van der Waals surface area contributed by atoms with E-state index in [0.717, 1.165) is 29.1 Å². The van der Waals surface area contributed by atoms with Gasteiger partial charge in [-0.05, 0) is 70.4 Å². The van der Waals surface area contributed by atoms with E-state index in [2.05, 4.69) is 52.5 Å². The van der Waals surface area contributed by atoms with E-state index in [1.165, 1.54) is 11.1 Å². The average molecular weight is 368 g/mol. The fraction of sp³-hybridized carbons (Fsp3) is 0.381. The molecule has 0 unspecified atom stereocenters. The van der Waals surface area contributed by atoms with Crippen molar-refractivity contribution in [3.8, 4) is 5.69 Å². The lowest BCUT2D eigenvalue weighted by molar-refractivity contribution is -0.139. The fourth-order valence-electron chi connectivity index (χ4n) is 3.00. The van der Waals surface area contributed by atoms with Gasteiger partial charge in [0.25, 0.3) is 0 Å². The number of rotatable bonds is 5. The number of hydrogen-bond acceptors (Lipinski definition) is 3.